The summed E-state index contributed by atoms with van der Waals surface area (Å²) in [6.45, 7) is 3.42. The summed E-state index contributed by atoms with van der Waals surface area (Å²) in [4.78, 5) is 1.39. The van der Waals surface area contributed by atoms with Crippen LogP contribution in [0.2, 0.25) is 0 Å². The van der Waals surface area contributed by atoms with E-state index in [1.54, 1.807) is 0 Å². The molecule has 0 bridgehead atoms. The fraction of sp³-hybridized carbons (Fsp3) is 0.667. The van der Waals surface area contributed by atoms with E-state index in [0.717, 1.165) is 0 Å². The van der Waals surface area contributed by atoms with Gasteiger partial charge in [0.05, 0.1) is 12.4 Å². The molecule has 1 saturated heterocycles. The van der Waals surface area contributed by atoms with E-state index in [1.165, 1.54) is 4.90 Å². The Bertz CT molecular complexity index is 156. The molecule has 4 heteroatoms. The summed E-state index contributed by atoms with van der Waals surface area (Å²) in [5, 5.41) is 0. The molecule has 1 rings (SSSR count). The zero-order valence-electron chi connectivity index (χ0n) is 5.61. The molecule has 0 aromatic heterocycles. The maximum absolute atomic E-state index is 12.4. The first-order chi connectivity index (χ1) is 4.51. The van der Waals surface area contributed by atoms with Gasteiger partial charge in [-0.25, -0.2) is 8.78 Å². The van der Waals surface area contributed by atoms with Gasteiger partial charge < -0.3 is 10.6 Å². The van der Waals surface area contributed by atoms with E-state index in [0.29, 0.717) is 6.54 Å². The lowest BCUT2D eigenvalue weighted by Gasteiger charge is -2.16. The normalized spacial score (nSPS) is 23.2. The Morgan fingerprint density at radius 1 is 1.60 bits per heavy atom. The molecule has 0 saturated carbocycles. The largest absolute Gasteiger partial charge is 0.386 e. The van der Waals surface area contributed by atoms with Crippen molar-refractivity contribution >= 4 is 0 Å². The van der Waals surface area contributed by atoms with Crippen molar-refractivity contribution in [1.82, 2.24) is 4.90 Å². The first kappa shape index (κ1) is 7.31. The van der Waals surface area contributed by atoms with Crippen molar-refractivity contribution in [3.63, 3.8) is 0 Å². The van der Waals surface area contributed by atoms with Gasteiger partial charge in [0, 0.05) is 13.0 Å². The summed E-state index contributed by atoms with van der Waals surface area (Å²) in [6.07, 6.45) is -0.108. The van der Waals surface area contributed by atoms with Gasteiger partial charge in [0.25, 0.3) is 5.92 Å². The Morgan fingerprint density at radius 2 is 2.20 bits per heavy atom. The number of halogens is 2. The smallest absolute Gasteiger partial charge is 0.266 e. The molecule has 10 heavy (non-hydrogen) atoms. The summed E-state index contributed by atoms with van der Waals surface area (Å²) in [5.41, 5.74) is 5.22. The Balaban J connectivity index is 2.51. The minimum Gasteiger partial charge on any atom is -0.386 e. The van der Waals surface area contributed by atoms with Gasteiger partial charge in [-0.15, -0.1) is 0 Å². The Hall–Kier alpha value is -0.800. The number of likely N-dealkylation sites (tertiary alicyclic amines) is 1. The maximum atomic E-state index is 12.4. The van der Waals surface area contributed by atoms with Crippen LogP contribution in [-0.4, -0.2) is 23.9 Å². The summed E-state index contributed by atoms with van der Waals surface area (Å²) in [5.74, 6) is -2.33. The number of hydrogen-bond acceptors (Lipinski definition) is 2. The molecule has 1 aliphatic heterocycles. The molecule has 2 N–H and O–H groups in total. The van der Waals surface area contributed by atoms with Crippen molar-refractivity contribution in [2.45, 2.75) is 12.3 Å². The molecule has 0 aromatic carbocycles. The van der Waals surface area contributed by atoms with Crippen LogP contribution in [0.3, 0.4) is 0 Å². The molecular formula is C6H10F2N2. The summed E-state index contributed by atoms with van der Waals surface area (Å²) < 4.78 is 24.8. The molecule has 0 atom stereocenters. The van der Waals surface area contributed by atoms with Crippen LogP contribution in [0, 0.1) is 0 Å². The average Bonchev–Trinajstić information content (AvgIpc) is 2.10. The second kappa shape index (κ2) is 2.11. The van der Waals surface area contributed by atoms with E-state index in [2.05, 4.69) is 6.58 Å². The first-order valence-electron chi connectivity index (χ1n) is 3.08. The van der Waals surface area contributed by atoms with Gasteiger partial charge in [-0.3, -0.25) is 0 Å². The van der Waals surface area contributed by atoms with E-state index in [9.17, 15) is 8.78 Å². The number of hydrogen-bond donors (Lipinski definition) is 1. The van der Waals surface area contributed by atoms with Crippen molar-refractivity contribution in [3.8, 4) is 0 Å². The lowest BCUT2D eigenvalue weighted by Crippen LogP contribution is -2.27. The summed E-state index contributed by atoms with van der Waals surface area (Å²) in [6, 6.07) is 0. The molecule has 1 aliphatic rings. The highest BCUT2D eigenvalue weighted by atomic mass is 19.3. The van der Waals surface area contributed by atoms with Crippen molar-refractivity contribution in [1.29, 1.82) is 0 Å². The van der Waals surface area contributed by atoms with E-state index in [1.807, 2.05) is 0 Å². The minimum atomic E-state index is -2.57. The molecule has 0 amide bonds. The van der Waals surface area contributed by atoms with Crippen molar-refractivity contribution in [2.75, 3.05) is 13.1 Å². The molecule has 0 aromatic rings. The van der Waals surface area contributed by atoms with Crippen LogP contribution in [0.1, 0.15) is 6.42 Å². The zero-order valence-corrected chi connectivity index (χ0v) is 5.61. The quantitative estimate of drug-likeness (QED) is 0.594. The van der Waals surface area contributed by atoms with Crippen molar-refractivity contribution < 1.29 is 8.78 Å². The first-order valence-corrected chi connectivity index (χ1v) is 3.08. The second-order valence-corrected chi connectivity index (χ2v) is 2.52. The van der Waals surface area contributed by atoms with Crippen LogP contribution in [0.25, 0.3) is 0 Å². The molecule has 0 radical (unpaired) electrons. The second-order valence-electron chi connectivity index (χ2n) is 2.52. The van der Waals surface area contributed by atoms with Crippen molar-refractivity contribution in [2.24, 2.45) is 5.73 Å². The third kappa shape index (κ3) is 1.37. The topological polar surface area (TPSA) is 29.3 Å². The standard InChI is InChI=1S/C6H10F2N2/c1-5(9)10-3-2-6(7,8)4-10/h1-4,9H2. The zero-order chi connectivity index (χ0) is 7.78. The monoisotopic (exact) mass is 148 g/mol. The molecular weight excluding hydrogens is 138 g/mol. The molecule has 2 nitrogen and oxygen atoms in total. The van der Waals surface area contributed by atoms with E-state index < -0.39 is 5.92 Å². The third-order valence-corrected chi connectivity index (χ3v) is 1.58. The van der Waals surface area contributed by atoms with Crippen LogP contribution in [-0.2, 0) is 0 Å². The van der Waals surface area contributed by atoms with Crippen LogP contribution in [0.4, 0.5) is 8.78 Å². The molecule has 0 aliphatic carbocycles. The SMILES string of the molecule is C=C(N)N1CCC(F)(F)C1. The Morgan fingerprint density at radius 3 is 2.40 bits per heavy atom. The van der Waals surface area contributed by atoms with Gasteiger partial charge in [-0.2, -0.15) is 0 Å². The van der Waals surface area contributed by atoms with E-state index >= 15 is 0 Å². The fourth-order valence-corrected chi connectivity index (χ4v) is 0.981. The highest BCUT2D eigenvalue weighted by molar-refractivity contribution is 4.94. The molecule has 0 unspecified atom stereocenters. The number of nitrogens with zero attached hydrogens (tertiary/aromatic N) is 1. The summed E-state index contributed by atoms with van der Waals surface area (Å²) >= 11 is 0. The number of nitrogens with two attached hydrogens (primary N) is 1. The van der Waals surface area contributed by atoms with Gasteiger partial charge >= 0.3 is 0 Å². The molecule has 1 fully saturated rings. The predicted octanol–water partition coefficient (Wildman–Crippen LogP) is 0.757. The van der Waals surface area contributed by atoms with Crippen LogP contribution in [0.5, 0.6) is 0 Å². The lowest BCUT2D eigenvalue weighted by atomic mass is 10.3. The van der Waals surface area contributed by atoms with Gasteiger partial charge in [-0.1, -0.05) is 6.58 Å². The third-order valence-electron chi connectivity index (χ3n) is 1.58. The fourth-order valence-electron chi connectivity index (χ4n) is 0.981. The Kier molecular flexibility index (Phi) is 1.54. The van der Waals surface area contributed by atoms with Gasteiger partial charge in [0.2, 0.25) is 0 Å². The minimum absolute atomic E-state index is 0.108. The van der Waals surface area contributed by atoms with Crippen LogP contribution < -0.4 is 5.73 Å². The lowest BCUT2D eigenvalue weighted by molar-refractivity contribution is 0.0151. The van der Waals surface area contributed by atoms with E-state index in [4.69, 9.17) is 5.73 Å². The number of alkyl halides is 2. The average molecular weight is 148 g/mol. The predicted molar refractivity (Wildman–Crippen MR) is 34.5 cm³/mol. The van der Waals surface area contributed by atoms with Crippen LogP contribution in [0.15, 0.2) is 12.4 Å². The highest BCUT2D eigenvalue weighted by Crippen LogP contribution is 2.27. The molecule has 0 spiro atoms. The van der Waals surface area contributed by atoms with Crippen LogP contribution >= 0.6 is 0 Å². The van der Waals surface area contributed by atoms with Gasteiger partial charge in [0.15, 0.2) is 0 Å². The van der Waals surface area contributed by atoms with Gasteiger partial charge in [0.1, 0.15) is 0 Å². The molecule has 58 valence electrons. The highest BCUT2D eigenvalue weighted by Gasteiger charge is 2.38. The Labute approximate surface area is 58.3 Å². The molecule has 1 heterocycles. The van der Waals surface area contributed by atoms with Gasteiger partial charge in [-0.05, 0) is 0 Å². The number of rotatable bonds is 1. The van der Waals surface area contributed by atoms with E-state index in [-0.39, 0.29) is 18.8 Å². The maximum Gasteiger partial charge on any atom is 0.266 e. The summed E-state index contributed by atoms with van der Waals surface area (Å²) in [7, 11) is 0. The van der Waals surface area contributed by atoms with Crippen molar-refractivity contribution in [3.05, 3.63) is 12.4 Å².